The summed E-state index contributed by atoms with van der Waals surface area (Å²) in [4.78, 5) is 24.6. The molecule has 1 saturated heterocycles. The van der Waals surface area contributed by atoms with Crippen LogP contribution in [0.5, 0.6) is 0 Å². The van der Waals surface area contributed by atoms with Crippen LogP contribution in [0, 0.1) is 0 Å². The average molecular weight is 258 g/mol. The van der Waals surface area contributed by atoms with Gasteiger partial charge in [0.05, 0.1) is 6.10 Å². The number of rotatable bonds is 2. The number of aliphatic hydroxyl groups excluding tert-OH is 2. The second kappa shape index (κ2) is 4.67. The van der Waals surface area contributed by atoms with Crippen molar-refractivity contribution in [2.45, 2.75) is 36.2 Å². The molecular formula is C10H14N2O4S. The van der Waals surface area contributed by atoms with Gasteiger partial charge in [0.15, 0.2) is 0 Å². The van der Waals surface area contributed by atoms with Crippen molar-refractivity contribution in [2.75, 3.05) is 0 Å². The van der Waals surface area contributed by atoms with Crippen LogP contribution < -0.4 is 11.2 Å². The van der Waals surface area contributed by atoms with Gasteiger partial charge in [-0.2, -0.15) is 0 Å². The number of aromatic nitrogens is 2. The monoisotopic (exact) mass is 258 g/mol. The van der Waals surface area contributed by atoms with Crippen molar-refractivity contribution in [3.8, 4) is 0 Å². The standard InChI is InChI=1S/C10H14N2O4S/c1-2-5-7(14)8(15)9(17-5)12-4-3-6(13)11-10(12)16/h3-5,7-9,14-15H,2H2,1H3,(H,11,13,16)/t5-,7-,8-,9-/m1/s1. The largest absolute Gasteiger partial charge is 0.389 e. The summed E-state index contributed by atoms with van der Waals surface area (Å²) in [6, 6.07) is 1.22. The lowest BCUT2D eigenvalue weighted by Gasteiger charge is -2.17. The van der Waals surface area contributed by atoms with E-state index in [4.69, 9.17) is 0 Å². The molecule has 1 aromatic heterocycles. The van der Waals surface area contributed by atoms with Gasteiger partial charge in [-0.05, 0) is 6.42 Å². The molecule has 1 aliphatic rings. The first-order valence-electron chi connectivity index (χ1n) is 5.37. The molecule has 0 aliphatic carbocycles. The summed E-state index contributed by atoms with van der Waals surface area (Å²) in [7, 11) is 0. The van der Waals surface area contributed by atoms with Gasteiger partial charge in [-0.1, -0.05) is 6.92 Å². The molecule has 17 heavy (non-hydrogen) atoms. The van der Waals surface area contributed by atoms with Crippen molar-refractivity contribution in [1.82, 2.24) is 9.55 Å². The molecule has 6 nitrogen and oxygen atoms in total. The predicted molar refractivity (Wildman–Crippen MR) is 64.0 cm³/mol. The first-order chi connectivity index (χ1) is 8.04. The van der Waals surface area contributed by atoms with Crippen LogP contribution >= 0.6 is 11.8 Å². The highest BCUT2D eigenvalue weighted by Gasteiger charge is 2.42. The van der Waals surface area contributed by atoms with Gasteiger partial charge in [-0.15, -0.1) is 11.8 Å². The lowest BCUT2D eigenvalue weighted by molar-refractivity contribution is 0.0168. The number of nitrogens with zero attached hydrogens (tertiary/aromatic N) is 1. The third kappa shape index (κ3) is 2.18. The summed E-state index contributed by atoms with van der Waals surface area (Å²) in [6.07, 6.45) is 0.187. The zero-order valence-electron chi connectivity index (χ0n) is 9.24. The van der Waals surface area contributed by atoms with Gasteiger partial charge in [0.1, 0.15) is 11.5 Å². The minimum atomic E-state index is -1.01. The maximum Gasteiger partial charge on any atom is 0.329 e. The maximum atomic E-state index is 11.6. The van der Waals surface area contributed by atoms with Gasteiger partial charge in [0, 0.05) is 17.5 Å². The molecular weight excluding hydrogens is 244 g/mol. The molecule has 3 N–H and O–H groups in total. The number of H-pyrrole nitrogens is 1. The molecule has 1 fully saturated rings. The molecule has 0 aromatic carbocycles. The third-order valence-electron chi connectivity index (χ3n) is 2.86. The number of thioether (sulfide) groups is 1. The number of hydrogen-bond donors (Lipinski definition) is 3. The molecule has 0 spiro atoms. The smallest absolute Gasteiger partial charge is 0.329 e. The fourth-order valence-electron chi connectivity index (χ4n) is 1.92. The highest BCUT2D eigenvalue weighted by Crippen LogP contribution is 2.42. The second-order valence-corrected chi connectivity index (χ2v) is 5.33. The summed E-state index contributed by atoms with van der Waals surface area (Å²) >= 11 is 1.34. The van der Waals surface area contributed by atoms with Gasteiger partial charge in [0.2, 0.25) is 0 Å². The summed E-state index contributed by atoms with van der Waals surface area (Å²) < 4.78 is 1.25. The maximum absolute atomic E-state index is 11.6. The van der Waals surface area contributed by atoms with Crippen molar-refractivity contribution >= 4 is 11.8 Å². The predicted octanol–water partition coefficient (Wildman–Crippen LogP) is -0.718. The number of aromatic amines is 1. The third-order valence-corrected chi connectivity index (χ3v) is 4.61. The number of hydrogen-bond acceptors (Lipinski definition) is 5. The van der Waals surface area contributed by atoms with Crippen LogP contribution in [-0.2, 0) is 0 Å². The van der Waals surface area contributed by atoms with Gasteiger partial charge in [-0.3, -0.25) is 14.3 Å². The Bertz CT molecular complexity index is 512. The topological polar surface area (TPSA) is 95.3 Å². The van der Waals surface area contributed by atoms with Crippen molar-refractivity contribution in [2.24, 2.45) is 0 Å². The van der Waals surface area contributed by atoms with Crippen LogP contribution in [0.3, 0.4) is 0 Å². The molecule has 94 valence electrons. The van der Waals surface area contributed by atoms with E-state index in [-0.39, 0.29) is 5.25 Å². The Kier molecular flexibility index (Phi) is 3.41. The Morgan fingerprint density at radius 1 is 1.41 bits per heavy atom. The minimum Gasteiger partial charge on any atom is -0.389 e. The summed E-state index contributed by atoms with van der Waals surface area (Å²) in [5.41, 5.74) is -1.05. The quantitative estimate of drug-likeness (QED) is 0.651. The zero-order chi connectivity index (χ0) is 12.6. The van der Waals surface area contributed by atoms with Crippen molar-refractivity contribution in [3.05, 3.63) is 33.1 Å². The molecule has 7 heteroatoms. The van der Waals surface area contributed by atoms with Crippen LogP contribution in [0.15, 0.2) is 21.9 Å². The molecule has 0 unspecified atom stereocenters. The lowest BCUT2D eigenvalue weighted by atomic mass is 10.1. The first-order valence-corrected chi connectivity index (χ1v) is 6.32. The number of aliphatic hydroxyl groups is 2. The van der Waals surface area contributed by atoms with Crippen LogP contribution in [0.2, 0.25) is 0 Å². The lowest BCUT2D eigenvalue weighted by Crippen LogP contribution is -2.36. The molecule has 1 aromatic rings. The molecule has 1 aliphatic heterocycles. The van der Waals surface area contributed by atoms with Crippen LogP contribution in [0.25, 0.3) is 0 Å². The number of nitrogens with one attached hydrogen (secondary N) is 1. The van der Waals surface area contributed by atoms with E-state index in [1.807, 2.05) is 6.92 Å². The Hall–Kier alpha value is -1.05. The van der Waals surface area contributed by atoms with E-state index in [1.54, 1.807) is 0 Å². The van der Waals surface area contributed by atoms with E-state index in [9.17, 15) is 19.8 Å². The SMILES string of the molecule is CC[C@H]1S[C@@H](n2ccc(=O)[nH]c2=O)[C@H](O)[C@@H]1O. The summed E-state index contributed by atoms with van der Waals surface area (Å²) in [5, 5.41) is 19.0. The van der Waals surface area contributed by atoms with Crippen LogP contribution in [0.1, 0.15) is 18.7 Å². The van der Waals surface area contributed by atoms with E-state index in [0.717, 1.165) is 0 Å². The van der Waals surface area contributed by atoms with E-state index < -0.39 is 28.8 Å². The molecule has 0 radical (unpaired) electrons. The van der Waals surface area contributed by atoms with Crippen molar-refractivity contribution in [1.29, 1.82) is 0 Å². The molecule has 0 saturated carbocycles. The Morgan fingerprint density at radius 3 is 2.65 bits per heavy atom. The summed E-state index contributed by atoms with van der Waals surface area (Å²) in [6.45, 7) is 1.91. The fourth-order valence-corrected chi connectivity index (χ4v) is 3.42. The van der Waals surface area contributed by atoms with E-state index >= 15 is 0 Å². The van der Waals surface area contributed by atoms with Gasteiger partial charge in [0.25, 0.3) is 5.56 Å². The normalized spacial score (nSPS) is 32.9. The average Bonchev–Trinajstić information content (AvgIpc) is 2.57. The van der Waals surface area contributed by atoms with Crippen LogP contribution in [-0.4, -0.2) is 37.2 Å². The fraction of sp³-hybridized carbons (Fsp3) is 0.600. The molecule has 0 bridgehead atoms. The molecule has 0 amide bonds. The van der Waals surface area contributed by atoms with Gasteiger partial charge < -0.3 is 10.2 Å². The first kappa shape index (κ1) is 12.4. The van der Waals surface area contributed by atoms with Crippen LogP contribution in [0.4, 0.5) is 0 Å². The van der Waals surface area contributed by atoms with Gasteiger partial charge >= 0.3 is 5.69 Å². The second-order valence-electron chi connectivity index (χ2n) is 3.97. The molecule has 4 atom stereocenters. The minimum absolute atomic E-state index is 0.103. The molecule has 2 rings (SSSR count). The zero-order valence-corrected chi connectivity index (χ0v) is 10.1. The Morgan fingerprint density at radius 2 is 2.12 bits per heavy atom. The van der Waals surface area contributed by atoms with Crippen molar-refractivity contribution < 1.29 is 10.2 Å². The molecule has 2 heterocycles. The van der Waals surface area contributed by atoms with Gasteiger partial charge in [-0.25, -0.2) is 4.79 Å². The highest BCUT2D eigenvalue weighted by molar-refractivity contribution is 8.00. The Labute approximate surface area is 101 Å². The summed E-state index contributed by atoms with van der Waals surface area (Å²) in [5.74, 6) is 0. The Balaban J connectivity index is 2.35. The van der Waals surface area contributed by atoms with Crippen molar-refractivity contribution in [3.63, 3.8) is 0 Å². The highest BCUT2D eigenvalue weighted by atomic mass is 32.2. The van der Waals surface area contributed by atoms with E-state index in [2.05, 4.69) is 4.98 Å². The van der Waals surface area contributed by atoms with E-state index in [1.165, 1.54) is 28.6 Å². The van der Waals surface area contributed by atoms with E-state index in [0.29, 0.717) is 6.42 Å².